The molecule has 1 aromatic rings. The number of methoxy groups -OCH3 is 1. The van der Waals surface area contributed by atoms with Crippen molar-refractivity contribution in [1.29, 1.82) is 0 Å². The smallest absolute Gasteiger partial charge is 0.137 e. The third-order valence-corrected chi connectivity index (χ3v) is 4.11. The second-order valence-corrected chi connectivity index (χ2v) is 5.64. The van der Waals surface area contributed by atoms with Crippen molar-refractivity contribution in [1.82, 2.24) is 5.32 Å². The van der Waals surface area contributed by atoms with E-state index in [0.717, 1.165) is 31.7 Å². The van der Waals surface area contributed by atoms with Crippen LogP contribution in [0.25, 0.3) is 0 Å². The SMILES string of the molecule is CCNC(CC1CCCCO1)c1ccc(Cl)c(OC)c1. The highest BCUT2D eigenvalue weighted by atomic mass is 35.5. The van der Waals surface area contributed by atoms with Crippen LogP contribution in [0.3, 0.4) is 0 Å². The summed E-state index contributed by atoms with van der Waals surface area (Å²) in [5.41, 5.74) is 1.21. The molecule has 1 fully saturated rings. The van der Waals surface area contributed by atoms with Gasteiger partial charge in [0.1, 0.15) is 5.75 Å². The molecule has 2 atom stereocenters. The van der Waals surface area contributed by atoms with Gasteiger partial charge in [-0.05, 0) is 49.9 Å². The minimum atomic E-state index is 0.286. The Morgan fingerprint density at radius 2 is 2.30 bits per heavy atom. The monoisotopic (exact) mass is 297 g/mol. The van der Waals surface area contributed by atoms with Crippen LogP contribution in [-0.2, 0) is 4.74 Å². The average Bonchev–Trinajstić information content (AvgIpc) is 2.48. The fourth-order valence-electron chi connectivity index (χ4n) is 2.73. The first kappa shape index (κ1) is 15.6. The number of hydrogen-bond acceptors (Lipinski definition) is 3. The summed E-state index contributed by atoms with van der Waals surface area (Å²) in [7, 11) is 1.65. The van der Waals surface area contributed by atoms with Crippen LogP contribution in [-0.4, -0.2) is 26.4 Å². The maximum atomic E-state index is 6.10. The minimum absolute atomic E-state index is 0.286. The summed E-state index contributed by atoms with van der Waals surface area (Å²) in [5, 5.41) is 4.19. The van der Waals surface area contributed by atoms with Crippen LogP contribution in [0.15, 0.2) is 18.2 Å². The van der Waals surface area contributed by atoms with Gasteiger partial charge in [-0.15, -0.1) is 0 Å². The lowest BCUT2D eigenvalue weighted by Crippen LogP contribution is -2.28. The fourth-order valence-corrected chi connectivity index (χ4v) is 2.93. The molecule has 2 rings (SSSR count). The fraction of sp³-hybridized carbons (Fsp3) is 0.625. The Kier molecular flexibility index (Phi) is 6.14. The van der Waals surface area contributed by atoms with E-state index in [0.29, 0.717) is 11.1 Å². The van der Waals surface area contributed by atoms with Gasteiger partial charge in [0.25, 0.3) is 0 Å². The van der Waals surface area contributed by atoms with Gasteiger partial charge in [-0.3, -0.25) is 0 Å². The van der Waals surface area contributed by atoms with Crippen molar-refractivity contribution in [2.24, 2.45) is 0 Å². The zero-order chi connectivity index (χ0) is 14.4. The van der Waals surface area contributed by atoms with Crippen LogP contribution >= 0.6 is 11.6 Å². The van der Waals surface area contributed by atoms with Gasteiger partial charge in [0.05, 0.1) is 18.2 Å². The predicted molar refractivity (Wildman–Crippen MR) is 82.6 cm³/mol. The predicted octanol–water partition coefficient (Wildman–Crippen LogP) is 3.96. The standard InChI is InChI=1S/C16H24ClNO2/c1-3-18-15(11-13-6-4-5-9-20-13)12-7-8-14(17)16(10-12)19-2/h7-8,10,13,15,18H,3-6,9,11H2,1-2H3. The molecule has 1 saturated heterocycles. The summed E-state index contributed by atoms with van der Waals surface area (Å²) in [6.07, 6.45) is 4.98. The van der Waals surface area contributed by atoms with E-state index in [1.165, 1.54) is 18.4 Å². The van der Waals surface area contributed by atoms with E-state index in [1.807, 2.05) is 12.1 Å². The molecule has 2 unspecified atom stereocenters. The molecular formula is C16H24ClNO2. The van der Waals surface area contributed by atoms with Gasteiger partial charge in [0.2, 0.25) is 0 Å². The number of ether oxygens (including phenoxy) is 2. The molecule has 1 aromatic carbocycles. The Labute approximate surface area is 126 Å². The average molecular weight is 298 g/mol. The highest BCUT2D eigenvalue weighted by Crippen LogP contribution is 2.31. The van der Waals surface area contributed by atoms with Gasteiger partial charge in [-0.25, -0.2) is 0 Å². The van der Waals surface area contributed by atoms with Crippen LogP contribution < -0.4 is 10.1 Å². The third kappa shape index (κ3) is 4.11. The number of halogens is 1. The Bertz CT molecular complexity index is 419. The van der Waals surface area contributed by atoms with E-state index in [9.17, 15) is 0 Å². The molecule has 4 heteroatoms. The lowest BCUT2D eigenvalue weighted by atomic mass is 9.96. The highest BCUT2D eigenvalue weighted by Gasteiger charge is 2.21. The van der Waals surface area contributed by atoms with Crippen molar-refractivity contribution >= 4 is 11.6 Å². The molecule has 3 nitrogen and oxygen atoms in total. The number of benzene rings is 1. The van der Waals surface area contributed by atoms with Gasteiger partial charge < -0.3 is 14.8 Å². The van der Waals surface area contributed by atoms with Crippen molar-refractivity contribution in [3.05, 3.63) is 28.8 Å². The zero-order valence-corrected chi connectivity index (χ0v) is 13.1. The first-order valence-corrected chi connectivity index (χ1v) is 7.80. The third-order valence-electron chi connectivity index (χ3n) is 3.80. The van der Waals surface area contributed by atoms with Gasteiger partial charge in [-0.2, -0.15) is 0 Å². The molecule has 1 N–H and O–H groups in total. The van der Waals surface area contributed by atoms with E-state index >= 15 is 0 Å². The highest BCUT2D eigenvalue weighted by molar-refractivity contribution is 6.32. The van der Waals surface area contributed by atoms with Gasteiger partial charge in [-0.1, -0.05) is 24.6 Å². The summed E-state index contributed by atoms with van der Waals surface area (Å²) in [6.45, 7) is 3.96. The largest absolute Gasteiger partial charge is 0.495 e. The van der Waals surface area contributed by atoms with Crippen molar-refractivity contribution in [3.8, 4) is 5.75 Å². The van der Waals surface area contributed by atoms with E-state index in [4.69, 9.17) is 21.1 Å². The van der Waals surface area contributed by atoms with Crippen LogP contribution in [0.2, 0.25) is 5.02 Å². The normalized spacial score (nSPS) is 20.6. The number of rotatable bonds is 6. The van der Waals surface area contributed by atoms with Crippen LogP contribution in [0.1, 0.15) is 44.2 Å². The second-order valence-electron chi connectivity index (χ2n) is 5.23. The first-order valence-electron chi connectivity index (χ1n) is 7.43. The molecule has 1 aliphatic heterocycles. The van der Waals surface area contributed by atoms with Crippen LogP contribution in [0, 0.1) is 0 Å². The van der Waals surface area contributed by atoms with Gasteiger partial charge in [0.15, 0.2) is 0 Å². The molecule has 0 aromatic heterocycles. The summed E-state index contributed by atoms with van der Waals surface area (Å²) in [4.78, 5) is 0. The lowest BCUT2D eigenvalue weighted by molar-refractivity contribution is 0.00513. The lowest BCUT2D eigenvalue weighted by Gasteiger charge is -2.28. The van der Waals surface area contributed by atoms with Gasteiger partial charge in [0, 0.05) is 12.6 Å². The summed E-state index contributed by atoms with van der Waals surface area (Å²) in [5.74, 6) is 0.733. The van der Waals surface area contributed by atoms with E-state index in [1.54, 1.807) is 7.11 Å². The van der Waals surface area contributed by atoms with Gasteiger partial charge >= 0.3 is 0 Å². The Balaban J connectivity index is 2.10. The quantitative estimate of drug-likeness (QED) is 0.862. The maximum absolute atomic E-state index is 6.10. The molecule has 1 aliphatic rings. The molecule has 0 spiro atoms. The zero-order valence-electron chi connectivity index (χ0n) is 12.3. The molecule has 20 heavy (non-hydrogen) atoms. The number of hydrogen-bond donors (Lipinski definition) is 1. The Morgan fingerprint density at radius 1 is 1.45 bits per heavy atom. The first-order chi connectivity index (χ1) is 9.74. The van der Waals surface area contributed by atoms with Crippen LogP contribution in [0.5, 0.6) is 5.75 Å². The molecule has 0 saturated carbocycles. The molecule has 1 heterocycles. The van der Waals surface area contributed by atoms with E-state index in [-0.39, 0.29) is 6.04 Å². The summed E-state index contributed by atoms with van der Waals surface area (Å²) in [6, 6.07) is 6.29. The van der Waals surface area contributed by atoms with E-state index in [2.05, 4.69) is 18.3 Å². The molecule has 0 amide bonds. The van der Waals surface area contributed by atoms with E-state index < -0.39 is 0 Å². The Morgan fingerprint density at radius 3 is 2.95 bits per heavy atom. The van der Waals surface area contributed by atoms with Crippen molar-refractivity contribution in [3.63, 3.8) is 0 Å². The topological polar surface area (TPSA) is 30.5 Å². The van der Waals surface area contributed by atoms with Crippen molar-refractivity contribution in [2.75, 3.05) is 20.3 Å². The second kappa shape index (κ2) is 7.87. The van der Waals surface area contributed by atoms with Crippen LogP contribution in [0.4, 0.5) is 0 Å². The summed E-state index contributed by atoms with van der Waals surface area (Å²) < 4.78 is 11.2. The molecule has 0 aliphatic carbocycles. The molecule has 112 valence electrons. The molecular weight excluding hydrogens is 274 g/mol. The molecule has 0 radical (unpaired) electrons. The minimum Gasteiger partial charge on any atom is -0.495 e. The number of nitrogens with one attached hydrogen (secondary N) is 1. The molecule has 0 bridgehead atoms. The van der Waals surface area contributed by atoms with Crippen molar-refractivity contribution in [2.45, 2.75) is 44.8 Å². The maximum Gasteiger partial charge on any atom is 0.137 e. The Hall–Kier alpha value is -0.770. The van der Waals surface area contributed by atoms with Crippen molar-refractivity contribution < 1.29 is 9.47 Å². The summed E-state index contributed by atoms with van der Waals surface area (Å²) >= 11 is 6.10.